The van der Waals surface area contributed by atoms with Gasteiger partial charge in [0.2, 0.25) is 0 Å². The van der Waals surface area contributed by atoms with Gasteiger partial charge in [0.1, 0.15) is 5.69 Å². The lowest BCUT2D eigenvalue weighted by Crippen LogP contribution is -2.13. The van der Waals surface area contributed by atoms with Gasteiger partial charge in [-0.05, 0) is 42.7 Å². The highest BCUT2D eigenvalue weighted by molar-refractivity contribution is 8.00. The Balaban J connectivity index is 0.00000112. The topological polar surface area (TPSA) is 42.0 Å². The molecule has 8 heteroatoms. The molecule has 0 bridgehead atoms. The zero-order chi connectivity index (χ0) is 27.4. The normalized spacial score (nSPS) is 11.9. The minimum atomic E-state index is -1.59. The molecule has 0 fully saturated rings. The lowest BCUT2D eigenvalue weighted by molar-refractivity contribution is 0.102. The van der Waals surface area contributed by atoms with E-state index >= 15 is 0 Å². The van der Waals surface area contributed by atoms with E-state index in [0.717, 1.165) is 18.6 Å². The Bertz CT molecular complexity index is 1220. The van der Waals surface area contributed by atoms with Crippen molar-refractivity contribution in [2.75, 3.05) is 5.32 Å². The number of pyridine rings is 1. The first-order valence-corrected chi connectivity index (χ1v) is 13.2. The summed E-state index contributed by atoms with van der Waals surface area (Å²) in [4.78, 5) is 17.4. The Labute approximate surface area is 226 Å². The first kappa shape index (κ1) is 30.3. The van der Waals surface area contributed by atoms with Crippen LogP contribution in [0.5, 0.6) is 0 Å². The van der Waals surface area contributed by atoms with E-state index in [2.05, 4.69) is 36.0 Å². The van der Waals surface area contributed by atoms with E-state index in [9.17, 15) is 18.0 Å². The average molecular weight is 547 g/mol. The van der Waals surface area contributed by atoms with Gasteiger partial charge in [-0.3, -0.25) is 4.79 Å². The second-order valence-electron chi connectivity index (χ2n) is 8.40. The maximum absolute atomic E-state index is 13.4. The number of carbonyl (C=O) groups excluding carboxylic acids is 1. The van der Waals surface area contributed by atoms with E-state index < -0.39 is 23.4 Å². The largest absolute Gasteiger partial charge is 0.322 e. The van der Waals surface area contributed by atoms with Crippen molar-refractivity contribution in [1.29, 1.82) is 0 Å². The molecule has 2 aromatic carbocycles. The molecule has 37 heavy (non-hydrogen) atoms. The Morgan fingerprint density at radius 1 is 1.05 bits per heavy atom. The van der Waals surface area contributed by atoms with E-state index in [-0.39, 0.29) is 22.4 Å². The maximum atomic E-state index is 13.4. The van der Waals surface area contributed by atoms with Gasteiger partial charge in [-0.2, -0.15) is 0 Å². The molecule has 1 amide bonds. The molecular formula is C29H30ClF3N2OS. The molecule has 0 aliphatic rings. The Hall–Kier alpha value is -2.95. The van der Waals surface area contributed by atoms with Crippen molar-refractivity contribution in [3.8, 4) is 11.8 Å². The number of amides is 1. The van der Waals surface area contributed by atoms with Crippen molar-refractivity contribution >= 4 is 35.0 Å². The van der Waals surface area contributed by atoms with Crippen molar-refractivity contribution in [1.82, 2.24) is 4.98 Å². The number of anilines is 1. The second kappa shape index (κ2) is 15.3. The quantitative estimate of drug-likeness (QED) is 0.183. The summed E-state index contributed by atoms with van der Waals surface area (Å²) in [5, 5.41) is 3.00. The Morgan fingerprint density at radius 2 is 1.73 bits per heavy atom. The van der Waals surface area contributed by atoms with Gasteiger partial charge in [0.25, 0.3) is 5.91 Å². The van der Waals surface area contributed by atoms with Crippen LogP contribution in [0.25, 0.3) is 0 Å². The molecule has 1 aromatic heterocycles. The molecule has 1 heterocycles. The summed E-state index contributed by atoms with van der Waals surface area (Å²) in [5.41, 5.74) is 0.781. The molecular weight excluding hydrogens is 517 g/mol. The van der Waals surface area contributed by atoms with Gasteiger partial charge in [0, 0.05) is 45.6 Å². The molecule has 0 saturated carbocycles. The number of halogens is 4. The number of unbranched alkanes of at least 4 members (excludes halogenated alkanes) is 1. The van der Waals surface area contributed by atoms with E-state index in [4.69, 9.17) is 11.6 Å². The van der Waals surface area contributed by atoms with Gasteiger partial charge in [0.15, 0.2) is 17.5 Å². The van der Waals surface area contributed by atoms with Crippen molar-refractivity contribution < 1.29 is 18.0 Å². The van der Waals surface area contributed by atoms with Crippen LogP contribution in [0.3, 0.4) is 0 Å². The zero-order valence-electron chi connectivity index (χ0n) is 21.2. The highest BCUT2D eigenvalue weighted by Crippen LogP contribution is 2.34. The average Bonchev–Trinajstić information content (AvgIpc) is 2.88. The van der Waals surface area contributed by atoms with Crippen molar-refractivity contribution in [2.24, 2.45) is 5.92 Å². The molecule has 2 atom stereocenters. The van der Waals surface area contributed by atoms with Crippen molar-refractivity contribution in [3.05, 3.63) is 88.5 Å². The van der Waals surface area contributed by atoms with Gasteiger partial charge < -0.3 is 5.32 Å². The van der Waals surface area contributed by atoms with Gasteiger partial charge in [-0.15, -0.1) is 11.8 Å². The predicted octanol–water partition coefficient (Wildman–Crippen LogP) is 8.77. The van der Waals surface area contributed by atoms with Crippen LogP contribution in [0.15, 0.2) is 59.6 Å². The summed E-state index contributed by atoms with van der Waals surface area (Å²) in [6.07, 6.45) is 5.12. The van der Waals surface area contributed by atoms with Crippen LogP contribution in [-0.2, 0) is 0 Å². The van der Waals surface area contributed by atoms with Crippen molar-refractivity contribution in [2.45, 2.75) is 57.1 Å². The number of benzene rings is 2. The predicted molar refractivity (Wildman–Crippen MR) is 147 cm³/mol. The van der Waals surface area contributed by atoms with Crippen LogP contribution in [0, 0.1) is 35.2 Å². The molecule has 0 aliphatic carbocycles. The summed E-state index contributed by atoms with van der Waals surface area (Å²) in [5.74, 6) is 1.41. The minimum absolute atomic E-state index is 0.114. The first-order chi connectivity index (χ1) is 17.6. The molecule has 3 aromatic rings. The lowest BCUT2D eigenvalue weighted by Gasteiger charge is -2.15. The van der Waals surface area contributed by atoms with Gasteiger partial charge >= 0.3 is 0 Å². The van der Waals surface area contributed by atoms with E-state index in [1.165, 1.54) is 30.7 Å². The summed E-state index contributed by atoms with van der Waals surface area (Å²) < 4.78 is 39.9. The monoisotopic (exact) mass is 546 g/mol. The zero-order valence-corrected chi connectivity index (χ0v) is 22.8. The number of carbonyl (C=O) groups is 1. The number of nitrogens with zero attached hydrogens (tertiary/aromatic N) is 1. The van der Waals surface area contributed by atoms with Crippen LogP contribution in [-0.4, -0.2) is 16.1 Å². The second-order valence-corrected chi connectivity index (χ2v) is 10.3. The Kier molecular flexibility index (Phi) is 12.5. The van der Waals surface area contributed by atoms with Crippen molar-refractivity contribution in [3.63, 3.8) is 0 Å². The molecule has 196 valence electrons. The molecule has 0 radical (unpaired) electrons. The SMILES string of the molecule is CC(C#Cc1ccccn1)CC(C)Sc1cc(C(=O)Nc2cc(F)c(F)c(F)c2)ccc1Cl.CCCC. The number of rotatable bonds is 7. The molecule has 0 saturated heterocycles. The lowest BCUT2D eigenvalue weighted by atomic mass is 10.1. The molecule has 3 rings (SSSR count). The third-order valence-corrected chi connectivity index (χ3v) is 6.69. The van der Waals surface area contributed by atoms with Crippen LogP contribution in [0.2, 0.25) is 5.02 Å². The molecule has 2 unspecified atom stereocenters. The molecule has 0 aliphatic heterocycles. The van der Waals surface area contributed by atoms with Gasteiger partial charge in [0.05, 0.1) is 5.02 Å². The fourth-order valence-electron chi connectivity index (χ4n) is 3.02. The molecule has 1 N–H and O–H groups in total. The third-order valence-electron chi connectivity index (χ3n) is 5.06. The maximum Gasteiger partial charge on any atom is 0.255 e. The minimum Gasteiger partial charge on any atom is -0.322 e. The third kappa shape index (κ3) is 10.1. The number of hydrogen-bond donors (Lipinski definition) is 1. The number of aromatic nitrogens is 1. The van der Waals surface area contributed by atoms with Crippen LogP contribution >= 0.6 is 23.4 Å². The standard InChI is InChI=1S/C25H20ClF3N2OS.C4H10/c1-15(6-8-18-5-3-4-10-30-18)11-16(2)33-23-12-17(7-9-20(23)26)25(32)31-19-13-21(27)24(29)22(28)14-19;1-3-4-2/h3-5,7,9-10,12-16H,11H2,1-2H3,(H,31,32);3-4H2,1-2H3. The summed E-state index contributed by atoms with van der Waals surface area (Å²) in [6.45, 7) is 8.43. The molecule has 0 spiro atoms. The van der Waals surface area contributed by atoms with Crippen LogP contribution < -0.4 is 5.32 Å². The Morgan fingerprint density at radius 3 is 2.32 bits per heavy atom. The fourth-order valence-corrected chi connectivity index (χ4v) is 4.47. The summed E-state index contributed by atoms with van der Waals surface area (Å²) in [7, 11) is 0. The van der Waals surface area contributed by atoms with Gasteiger partial charge in [-0.25, -0.2) is 18.2 Å². The first-order valence-electron chi connectivity index (χ1n) is 12.0. The van der Waals surface area contributed by atoms with E-state index in [1.54, 1.807) is 18.3 Å². The fraction of sp³-hybridized carbons (Fsp3) is 0.310. The number of thioether (sulfide) groups is 1. The van der Waals surface area contributed by atoms with E-state index in [1.807, 2.05) is 32.0 Å². The smallest absolute Gasteiger partial charge is 0.255 e. The summed E-state index contributed by atoms with van der Waals surface area (Å²) in [6, 6.07) is 11.7. The number of nitrogens with one attached hydrogen (secondary N) is 1. The highest BCUT2D eigenvalue weighted by atomic mass is 35.5. The molecule has 3 nitrogen and oxygen atoms in total. The van der Waals surface area contributed by atoms with Crippen LogP contribution in [0.1, 0.15) is 63.0 Å². The summed E-state index contributed by atoms with van der Waals surface area (Å²) >= 11 is 7.81. The van der Waals surface area contributed by atoms with E-state index in [0.29, 0.717) is 15.6 Å². The number of hydrogen-bond acceptors (Lipinski definition) is 3. The van der Waals surface area contributed by atoms with Gasteiger partial charge in [-0.1, -0.05) is 64.1 Å². The highest BCUT2D eigenvalue weighted by Gasteiger charge is 2.16. The van der Waals surface area contributed by atoms with Crippen LogP contribution in [0.4, 0.5) is 18.9 Å².